The molecule has 0 aromatic carbocycles. The average Bonchev–Trinajstić information content (AvgIpc) is 3.22. The molecule has 5 atom stereocenters. The van der Waals surface area contributed by atoms with Gasteiger partial charge in [0.25, 0.3) is 0 Å². The number of allylic oxidation sites excluding steroid dienone is 1. The molecule has 3 fully saturated rings. The number of fused-ring (bicyclic) bond motifs is 2. The fourth-order valence-corrected chi connectivity index (χ4v) is 5.09. The van der Waals surface area contributed by atoms with Gasteiger partial charge in [0.1, 0.15) is 23.1 Å². The van der Waals surface area contributed by atoms with Crippen LogP contribution < -0.4 is 0 Å². The van der Waals surface area contributed by atoms with E-state index in [0.29, 0.717) is 0 Å². The Balaban J connectivity index is 1.90. The summed E-state index contributed by atoms with van der Waals surface area (Å²) in [5, 5.41) is 21.0. The van der Waals surface area contributed by atoms with Crippen LogP contribution >= 0.6 is 0 Å². The summed E-state index contributed by atoms with van der Waals surface area (Å²) in [7, 11) is 0. The number of carbonyl (C=O) groups is 3. The number of aliphatic hydroxyl groups excluding tert-OH is 1. The first-order chi connectivity index (χ1) is 14.9. The summed E-state index contributed by atoms with van der Waals surface area (Å²) in [6.07, 6.45) is 1.93. The van der Waals surface area contributed by atoms with Gasteiger partial charge in [-0.05, 0) is 39.7 Å². The summed E-state index contributed by atoms with van der Waals surface area (Å²) < 4.78 is 23.1. The highest BCUT2D eigenvalue weighted by molar-refractivity contribution is 5.97. The third kappa shape index (κ3) is 2.78. The van der Waals surface area contributed by atoms with E-state index < -0.39 is 53.0 Å². The molecule has 4 aliphatic rings. The molecule has 32 heavy (non-hydrogen) atoms. The Kier molecular flexibility index (Phi) is 4.82. The molecule has 0 aliphatic carbocycles. The van der Waals surface area contributed by atoms with Crippen LogP contribution in [0.2, 0.25) is 0 Å². The highest BCUT2D eigenvalue weighted by Crippen LogP contribution is 2.57. The van der Waals surface area contributed by atoms with E-state index in [2.05, 4.69) is 13.2 Å². The lowest BCUT2D eigenvalue weighted by molar-refractivity contribution is -0.183. The molecular formula is C23H26O9. The number of hydrogen-bond donors (Lipinski definition) is 2. The molecule has 2 bridgehead atoms. The Labute approximate surface area is 185 Å². The highest BCUT2D eigenvalue weighted by atomic mass is 16.6. The van der Waals surface area contributed by atoms with Crippen molar-refractivity contribution >= 4 is 17.9 Å². The number of aliphatic hydroxyl groups is 2. The van der Waals surface area contributed by atoms with Crippen LogP contribution in [-0.4, -0.2) is 63.2 Å². The molecule has 0 radical (unpaired) electrons. The van der Waals surface area contributed by atoms with Crippen LogP contribution in [0, 0.1) is 0 Å². The first kappa shape index (κ1) is 22.4. The van der Waals surface area contributed by atoms with Crippen molar-refractivity contribution in [3.05, 3.63) is 47.8 Å². The van der Waals surface area contributed by atoms with Gasteiger partial charge in [-0.1, -0.05) is 19.2 Å². The van der Waals surface area contributed by atoms with Crippen molar-refractivity contribution in [2.45, 2.75) is 68.5 Å². The van der Waals surface area contributed by atoms with Crippen molar-refractivity contribution in [3.8, 4) is 0 Å². The number of esters is 3. The molecule has 9 nitrogen and oxygen atoms in total. The average molecular weight is 446 g/mol. The lowest BCUT2D eigenvalue weighted by Crippen LogP contribution is -2.56. The minimum absolute atomic E-state index is 0.0792. The first-order valence-electron chi connectivity index (χ1n) is 10.3. The predicted molar refractivity (Wildman–Crippen MR) is 109 cm³/mol. The Hall–Kier alpha value is -2.75. The minimum Gasteiger partial charge on any atom is -0.455 e. The SMILES string of the molecule is C=C(CO)C(=O)O[C@H]1C[C@@]2(C)OC(=O)/C(=C\C)[C@]2(O)CC[C@]2(C)C=C3OC(=O)C(=C)[C@@]31O2. The molecule has 1 spiro atoms. The number of hydrogen-bond acceptors (Lipinski definition) is 9. The molecule has 0 amide bonds. The van der Waals surface area contributed by atoms with Crippen molar-refractivity contribution in [2.75, 3.05) is 6.61 Å². The molecule has 172 valence electrons. The maximum Gasteiger partial charge on any atom is 0.342 e. The largest absolute Gasteiger partial charge is 0.455 e. The normalized spacial score (nSPS) is 41.7. The molecule has 3 saturated heterocycles. The Morgan fingerprint density at radius 2 is 2.00 bits per heavy atom. The van der Waals surface area contributed by atoms with Crippen LogP contribution in [0.4, 0.5) is 0 Å². The summed E-state index contributed by atoms with van der Waals surface area (Å²) in [4.78, 5) is 37.7. The maximum atomic E-state index is 12.6. The lowest BCUT2D eigenvalue weighted by Gasteiger charge is -2.41. The van der Waals surface area contributed by atoms with Crippen molar-refractivity contribution < 1.29 is 43.5 Å². The van der Waals surface area contributed by atoms with Gasteiger partial charge in [-0.15, -0.1) is 0 Å². The Bertz CT molecular complexity index is 1020. The molecule has 2 N–H and O–H groups in total. The van der Waals surface area contributed by atoms with Crippen LogP contribution in [0.15, 0.2) is 47.8 Å². The standard InChI is InChI=1S/C23H26O9/c1-6-14-19(27)31-21(5)10-16(29-17(25)12(2)11-24)23-13(3)18(26)30-15(23)9-20(4,32-23)7-8-22(14,21)28/h6,9,16,24,28H,2-3,7-8,10-11H2,1,4-5H3/b14-6+/t16-,20+,21+,22+,23+/m0/s1. The summed E-state index contributed by atoms with van der Waals surface area (Å²) in [6, 6.07) is 0. The van der Waals surface area contributed by atoms with E-state index in [4.69, 9.17) is 18.9 Å². The van der Waals surface area contributed by atoms with Crippen LogP contribution in [0.1, 0.15) is 40.0 Å². The Morgan fingerprint density at radius 1 is 1.31 bits per heavy atom. The quantitative estimate of drug-likeness (QED) is 0.373. The molecule has 4 heterocycles. The molecule has 9 heteroatoms. The van der Waals surface area contributed by atoms with Gasteiger partial charge >= 0.3 is 17.9 Å². The van der Waals surface area contributed by atoms with Crippen molar-refractivity contribution in [1.82, 2.24) is 0 Å². The van der Waals surface area contributed by atoms with Gasteiger partial charge in [0.05, 0.1) is 28.9 Å². The van der Waals surface area contributed by atoms with Gasteiger partial charge in [0.15, 0.2) is 5.60 Å². The molecule has 0 saturated carbocycles. The van der Waals surface area contributed by atoms with Gasteiger partial charge in [0, 0.05) is 6.42 Å². The zero-order valence-corrected chi connectivity index (χ0v) is 18.2. The second-order valence-electron chi connectivity index (χ2n) is 9.07. The third-order valence-electron chi connectivity index (χ3n) is 6.98. The van der Waals surface area contributed by atoms with E-state index in [0.717, 1.165) is 0 Å². The van der Waals surface area contributed by atoms with Gasteiger partial charge in [-0.3, -0.25) is 0 Å². The summed E-state index contributed by atoms with van der Waals surface area (Å²) in [5.41, 5.74) is -6.12. The first-order valence-corrected chi connectivity index (χ1v) is 10.3. The lowest BCUT2D eigenvalue weighted by atomic mass is 9.71. The molecule has 4 rings (SSSR count). The van der Waals surface area contributed by atoms with Gasteiger partial charge < -0.3 is 29.2 Å². The monoisotopic (exact) mass is 446 g/mol. The van der Waals surface area contributed by atoms with E-state index >= 15 is 0 Å². The number of rotatable bonds is 3. The zero-order valence-electron chi connectivity index (χ0n) is 18.2. The fraction of sp³-hybridized carbons (Fsp3) is 0.522. The summed E-state index contributed by atoms with van der Waals surface area (Å²) in [6.45, 7) is 11.6. The van der Waals surface area contributed by atoms with E-state index in [1.54, 1.807) is 26.8 Å². The third-order valence-corrected chi connectivity index (χ3v) is 6.98. The van der Waals surface area contributed by atoms with E-state index in [-0.39, 0.29) is 41.7 Å². The predicted octanol–water partition coefficient (Wildman–Crippen LogP) is 1.15. The molecule has 4 aliphatic heterocycles. The maximum absolute atomic E-state index is 12.6. The van der Waals surface area contributed by atoms with Gasteiger partial charge in [-0.25, -0.2) is 14.4 Å². The highest BCUT2D eigenvalue weighted by Gasteiger charge is 2.70. The van der Waals surface area contributed by atoms with Crippen LogP contribution in [-0.2, 0) is 33.3 Å². The second-order valence-corrected chi connectivity index (χ2v) is 9.07. The minimum atomic E-state index is -1.70. The molecule has 0 unspecified atom stereocenters. The number of ether oxygens (including phenoxy) is 4. The summed E-state index contributed by atoms with van der Waals surface area (Å²) in [5.74, 6) is -2.22. The smallest absolute Gasteiger partial charge is 0.342 e. The second kappa shape index (κ2) is 6.87. The van der Waals surface area contributed by atoms with Gasteiger partial charge in [-0.2, -0.15) is 0 Å². The summed E-state index contributed by atoms with van der Waals surface area (Å²) >= 11 is 0. The zero-order chi connectivity index (χ0) is 23.7. The van der Waals surface area contributed by atoms with Crippen molar-refractivity contribution in [1.29, 1.82) is 0 Å². The molecular weight excluding hydrogens is 420 g/mol. The van der Waals surface area contributed by atoms with E-state index in [1.165, 1.54) is 6.08 Å². The van der Waals surface area contributed by atoms with Crippen molar-refractivity contribution in [3.63, 3.8) is 0 Å². The topological polar surface area (TPSA) is 129 Å². The van der Waals surface area contributed by atoms with Crippen LogP contribution in [0.5, 0.6) is 0 Å². The number of carbonyl (C=O) groups excluding carboxylic acids is 3. The van der Waals surface area contributed by atoms with E-state index in [9.17, 15) is 24.6 Å². The van der Waals surface area contributed by atoms with E-state index in [1.807, 2.05) is 0 Å². The van der Waals surface area contributed by atoms with Crippen molar-refractivity contribution in [2.24, 2.45) is 0 Å². The fourth-order valence-electron chi connectivity index (χ4n) is 5.09. The van der Waals surface area contributed by atoms with Crippen LogP contribution in [0.3, 0.4) is 0 Å². The molecule has 0 aromatic rings. The Morgan fingerprint density at radius 3 is 2.62 bits per heavy atom. The van der Waals surface area contributed by atoms with Gasteiger partial charge in [0.2, 0.25) is 0 Å². The molecule has 0 aromatic heterocycles. The van der Waals surface area contributed by atoms with Crippen LogP contribution in [0.25, 0.3) is 0 Å².